The van der Waals surface area contributed by atoms with Crippen LogP contribution in [0.1, 0.15) is 30.0 Å². The van der Waals surface area contributed by atoms with Crippen molar-refractivity contribution in [1.29, 1.82) is 0 Å². The maximum absolute atomic E-state index is 13.4. The zero-order valence-corrected chi connectivity index (χ0v) is 13.6. The minimum absolute atomic E-state index is 0.242. The summed E-state index contributed by atoms with van der Waals surface area (Å²) in [7, 11) is 0. The summed E-state index contributed by atoms with van der Waals surface area (Å²) >= 11 is 0. The van der Waals surface area contributed by atoms with Crippen molar-refractivity contribution in [3.63, 3.8) is 0 Å². The molecule has 6 nitrogen and oxygen atoms in total. The minimum atomic E-state index is -1.02. The molecule has 1 aliphatic heterocycles. The molecule has 0 radical (unpaired) electrons. The average Bonchev–Trinajstić information content (AvgIpc) is 3.18. The summed E-state index contributed by atoms with van der Waals surface area (Å²) in [5, 5.41) is 21.8. The Kier molecular flexibility index (Phi) is 3.99. The predicted octanol–water partition coefficient (Wildman–Crippen LogP) is 2.26. The van der Waals surface area contributed by atoms with Crippen LogP contribution in [0.5, 0.6) is 0 Å². The second kappa shape index (κ2) is 6.18. The van der Waals surface area contributed by atoms with Crippen LogP contribution in [0, 0.1) is 12.7 Å². The Bertz CT molecular complexity index is 913. The molecule has 0 aliphatic carbocycles. The van der Waals surface area contributed by atoms with Crippen molar-refractivity contribution in [2.45, 2.75) is 37.9 Å². The van der Waals surface area contributed by atoms with E-state index in [0.717, 1.165) is 11.1 Å². The monoisotopic (exact) mass is 343 g/mol. The van der Waals surface area contributed by atoms with Crippen LogP contribution in [-0.4, -0.2) is 37.0 Å². The van der Waals surface area contributed by atoms with Gasteiger partial charge in [0.15, 0.2) is 6.23 Å². The molecule has 4 atom stereocenters. The van der Waals surface area contributed by atoms with Crippen molar-refractivity contribution < 1.29 is 19.3 Å². The Morgan fingerprint density at radius 1 is 1.32 bits per heavy atom. The van der Waals surface area contributed by atoms with Crippen LogP contribution in [-0.2, 0) is 4.74 Å². The molecule has 0 amide bonds. The summed E-state index contributed by atoms with van der Waals surface area (Å²) in [5.41, 5.74) is 1.93. The Morgan fingerprint density at radius 2 is 2.16 bits per heavy atom. The largest absolute Gasteiger partial charge is 0.388 e. The van der Waals surface area contributed by atoms with E-state index < -0.39 is 30.4 Å². The van der Waals surface area contributed by atoms with Gasteiger partial charge in [-0.2, -0.15) is 0 Å². The summed E-state index contributed by atoms with van der Waals surface area (Å²) in [6, 6.07) is 7.64. The number of hydrogen-bond acceptors (Lipinski definition) is 5. The van der Waals surface area contributed by atoms with Crippen LogP contribution in [0.15, 0.2) is 42.9 Å². The number of benzene rings is 1. The second-order valence-electron chi connectivity index (χ2n) is 6.29. The highest BCUT2D eigenvalue weighted by atomic mass is 19.1. The van der Waals surface area contributed by atoms with Gasteiger partial charge in [0.05, 0.1) is 11.8 Å². The zero-order valence-electron chi connectivity index (χ0n) is 13.6. The molecule has 130 valence electrons. The maximum atomic E-state index is 13.4. The summed E-state index contributed by atoms with van der Waals surface area (Å²) in [5.74, 6) is -0.421. The molecular weight excluding hydrogens is 325 g/mol. The Hall–Kier alpha value is -2.35. The molecule has 0 unspecified atom stereocenters. The number of aromatic nitrogens is 3. The van der Waals surface area contributed by atoms with E-state index in [-0.39, 0.29) is 6.42 Å². The Labute approximate surface area is 143 Å². The molecule has 0 spiro atoms. The number of nitrogens with zero attached hydrogens (tertiary/aromatic N) is 3. The number of halogens is 1. The minimum Gasteiger partial charge on any atom is -0.388 e. The second-order valence-corrected chi connectivity index (χ2v) is 6.29. The standard InChI is InChI=1S/C18H18FN3O3/c1-10-13-5-6-22(17(13)21-9-20-10)18-14(23)8-15(25-18)16(24)11-3-2-4-12(19)7-11/h2-7,9,14-16,18,23-24H,8H2,1H3/t14-,15+,16+,18-/m1/s1. The first kappa shape index (κ1) is 16.1. The number of fused-ring (bicyclic) bond motifs is 1. The average molecular weight is 343 g/mol. The molecule has 3 aromatic rings. The topological polar surface area (TPSA) is 80.4 Å². The first-order chi connectivity index (χ1) is 12.0. The summed E-state index contributed by atoms with van der Waals surface area (Å²) in [6.45, 7) is 1.89. The summed E-state index contributed by atoms with van der Waals surface area (Å²) in [6.07, 6.45) is 0.368. The lowest BCUT2D eigenvalue weighted by Gasteiger charge is -2.20. The Balaban J connectivity index is 1.61. The van der Waals surface area contributed by atoms with Gasteiger partial charge in [0.25, 0.3) is 0 Å². The third-order valence-corrected chi connectivity index (χ3v) is 4.64. The third kappa shape index (κ3) is 2.80. The van der Waals surface area contributed by atoms with E-state index in [1.807, 2.05) is 13.0 Å². The Morgan fingerprint density at radius 3 is 2.96 bits per heavy atom. The molecule has 4 rings (SSSR count). The lowest BCUT2D eigenvalue weighted by atomic mass is 10.0. The van der Waals surface area contributed by atoms with E-state index in [1.165, 1.54) is 24.5 Å². The molecule has 2 N–H and O–H groups in total. The summed E-state index contributed by atoms with van der Waals surface area (Å²) < 4.78 is 21.0. The van der Waals surface area contributed by atoms with Crippen molar-refractivity contribution >= 4 is 11.0 Å². The van der Waals surface area contributed by atoms with E-state index in [4.69, 9.17) is 4.74 Å². The first-order valence-electron chi connectivity index (χ1n) is 8.10. The quantitative estimate of drug-likeness (QED) is 0.762. The molecule has 1 aromatic carbocycles. The molecule has 3 heterocycles. The number of aliphatic hydroxyl groups excluding tert-OH is 2. The molecule has 7 heteroatoms. The van der Waals surface area contributed by atoms with Gasteiger partial charge >= 0.3 is 0 Å². The third-order valence-electron chi connectivity index (χ3n) is 4.64. The molecule has 1 saturated heterocycles. The maximum Gasteiger partial charge on any atom is 0.161 e. The fourth-order valence-corrected chi connectivity index (χ4v) is 3.34. The van der Waals surface area contributed by atoms with Gasteiger partial charge in [0.2, 0.25) is 0 Å². The van der Waals surface area contributed by atoms with Gasteiger partial charge in [-0.1, -0.05) is 12.1 Å². The lowest BCUT2D eigenvalue weighted by molar-refractivity contribution is -0.0750. The molecule has 0 bridgehead atoms. The number of hydrogen-bond donors (Lipinski definition) is 2. The number of aryl methyl sites for hydroxylation is 1. The van der Waals surface area contributed by atoms with Crippen LogP contribution < -0.4 is 0 Å². The van der Waals surface area contributed by atoms with Crippen molar-refractivity contribution in [3.05, 3.63) is 59.9 Å². The summed E-state index contributed by atoms with van der Waals surface area (Å²) in [4.78, 5) is 8.42. The van der Waals surface area contributed by atoms with E-state index in [2.05, 4.69) is 9.97 Å². The van der Waals surface area contributed by atoms with Crippen LogP contribution in [0.2, 0.25) is 0 Å². The van der Waals surface area contributed by atoms with Crippen molar-refractivity contribution in [2.75, 3.05) is 0 Å². The SMILES string of the molecule is Cc1ncnc2c1ccn2[C@@H]1O[C@H]([C@@H](O)c2cccc(F)c2)C[C@H]1O. The first-order valence-corrected chi connectivity index (χ1v) is 8.10. The molecule has 25 heavy (non-hydrogen) atoms. The van der Waals surface area contributed by atoms with Crippen molar-refractivity contribution in [3.8, 4) is 0 Å². The number of ether oxygens (including phenoxy) is 1. The molecule has 1 aliphatic rings. The highest BCUT2D eigenvalue weighted by Crippen LogP contribution is 2.37. The van der Waals surface area contributed by atoms with E-state index in [9.17, 15) is 14.6 Å². The molecule has 2 aromatic heterocycles. The highest BCUT2D eigenvalue weighted by Gasteiger charge is 2.39. The van der Waals surface area contributed by atoms with Gasteiger partial charge in [0, 0.05) is 18.0 Å². The van der Waals surface area contributed by atoms with E-state index in [1.54, 1.807) is 16.8 Å². The zero-order chi connectivity index (χ0) is 17.6. The lowest BCUT2D eigenvalue weighted by Crippen LogP contribution is -2.20. The smallest absolute Gasteiger partial charge is 0.161 e. The predicted molar refractivity (Wildman–Crippen MR) is 88.2 cm³/mol. The number of rotatable bonds is 3. The fraction of sp³-hybridized carbons (Fsp3) is 0.333. The van der Waals surface area contributed by atoms with Gasteiger partial charge in [0.1, 0.15) is 30.0 Å². The van der Waals surface area contributed by atoms with Crippen LogP contribution in [0.4, 0.5) is 4.39 Å². The van der Waals surface area contributed by atoms with E-state index >= 15 is 0 Å². The van der Waals surface area contributed by atoms with Crippen molar-refractivity contribution in [2.24, 2.45) is 0 Å². The molecule has 0 saturated carbocycles. The van der Waals surface area contributed by atoms with Crippen LogP contribution in [0.3, 0.4) is 0 Å². The van der Waals surface area contributed by atoms with Gasteiger partial charge in [-0.3, -0.25) is 0 Å². The fourth-order valence-electron chi connectivity index (χ4n) is 3.34. The molecular formula is C18H18FN3O3. The van der Waals surface area contributed by atoms with E-state index in [0.29, 0.717) is 11.2 Å². The van der Waals surface area contributed by atoms with Crippen LogP contribution in [0.25, 0.3) is 11.0 Å². The highest BCUT2D eigenvalue weighted by molar-refractivity contribution is 5.78. The van der Waals surface area contributed by atoms with Gasteiger partial charge < -0.3 is 19.5 Å². The van der Waals surface area contributed by atoms with Gasteiger partial charge in [-0.15, -0.1) is 0 Å². The van der Waals surface area contributed by atoms with Gasteiger partial charge in [-0.05, 0) is 30.7 Å². The van der Waals surface area contributed by atoms with Crippen LogP contribution >= 0.6 is 0 Å². The van der Waals surface area contributed by atoms with Crippen molar-refractivity contribution in [1.82, 2.24) is 14.5 Å². The molecule has 1 fully saturated rings. The van der Waals surface area contributed by atoms with Gasteiger partial charge in [-0.25, -0.2) is 14.4 Å². The number of aliphatic hydroxyl groups is 2. The normalized spacial score (nSPS) is 24.7.